The minimum Gasteiger partial charge on any atom is -0.325 e. The van der Waals surface area contributed by atoms with Gasteiger partial charge in [-0.15, -0.1) is 0 Å². The van der Waals surface area contributed by atoms with Crippen LogP contribution in [0.1, 0.15) is 19.3 Å². The molecule has 0 spiro atoms. The van der Waals surface area contributed by atoms with Crippen LogP contribution in [0.5, 0.6) is 0 Å². The molecule has 1 aromatic rings. The van der Waals surface area contributed by atoms with Crippen molar-refractivity contribution in [1.82, 2.24) is 5.32 Å². The highest BCUT2D eigenvalue weighted by Crippen LogP contribution is 2.19. The molecule has 1 heterocycles. The Morgan fingerprint density at radius 3 is 3.06 bits per heavy atom. The maximum Gasteiger partial charge on any atom is 0.225 e. The van der Waals surface area contributed by atoms with Crippen LogP contribution in [0.15, 0.2) is 18.2 Å². The molecular formula is C12H14FIN2O. The van der Waals surface area contributed by atoms with Crippen molar-refractivity contribution in [3.63, 3.8) is 0 Å². The van der Waals surface area contributed by atoms with Gasteiger partial charge in [0.05, 0.1) is 5.69 Å². The van der Waals surface area contributed by atoms with Gasteiger partial charge in [0.15, 0.2) is 0 Å². The molecule has 1 amide bonds. The molecule has 5 heteroatoms. The topological polar surface area (TPSA) is 41.1 Å². The van der Waals surface area contributed by atoms with Gasteiger partial charge in [0.2, 0.25) is 5.91 Å². The van der Waals surface area contributed by atoms with E-state index in [1.165, 1.54) is 12.1 Å². The summed E-state index contributed by atoms with van der Waals surface area (Å²) in [5, 5.41) is 6.09. The van der Waals surface area contributed by atoms with Gasteiger partial charge < -0.3 is 10.6 Å². The number of amides is 1. The highest BCUT2D eigenvalue weighted by atomic mass is 127. The molecule has 2 rings (SSSR count). The van der Waals surface area contributed by atoms with E-state index in [0.29, 0.717) is 12.1 Å². The summed E-state index contributed by atoms with van der Waals surface area (Å²) in [4.78, 5) is 11.8. The van der Waals surface area contributed by atoms with E-state index in [2.05, 4.69) is 10.6 Å². The SMILES string of the molecule is O=C(CC1CCCN1)Nc1ccc(F)cc1I. The van der Waals surface area contributed by atoms with Crippen molar-refractivity contribution in [2.45, 2.75) is 25.3 Å². The molecule has 3 nitrogen and oxygen atoms in total. The highest BCUT2D eigenvalue weighted by molar-refractivity contribution is 14.1. The van der Waals surface area contributed by atoms with Crippen LogP contribution in [0.2, 0.25) is 0 Å². The summed E-state index contributed by atoms with van der Waals surface area (Å²) in [6.45, 7) is 0.992. The van der Waals surface area contributed by atoms with E-state index < -0.39 is 0 Å². The van der Waals surface area contributed by atoms with Gasteiger partial charge in [-0.2, -0.15) is 0 Å². The predicted octanol–water partition coefficient (Wildman–Crippen LogP) is 2.51. The molecule has 17 heavy (non-hydrogen) atoms. The number of hydrogen-bond donors (Lipinski definition) is 2. The lowest BCUT2D eigenvalue weighted by molar-refractivity contribution is -0.116. The van der Waals surface area contributed by atoms with Gasteiger partial charge in [-0.05, 0) is 60.2 Å². The Bertz CT molecular complexity index is 419. The number of hydrogen-bond acceptors (Lipinski definition) is 2. The Morgan fingerprint density at radius 1 is 1.59 bits per heavy atom. The van der Waals surface area contributed by atoms with E-state index in [1.54, 1.807) is 6.07 Å². The second-order valence-corrected chi connectivity index (χ2v) is 5.33. The lowest BCUT2D eigenvalue weighted by Crippen LogP contribution is -2.27. The van der Waals surface area contributed by atoms with E-state index >= 15 is 0 Å². The Balaban J connectivity index is 1.93. The lowest BCUT2D eigenvalue weighted by Gasteiger charge is -2.11. The molecule has 0 saturated carbocycles. The molecule has 1 aliphatic heterocycles. The fraction of sp³-hybridized carbons (Fsp3) is 0.417. The van der Waals surface area contributed by atoms with Gasteiger partial charge in [0, 0.05) is 16.0 Å². The minimum absolute atomic E-state index is 0.0195. The first kappa shape index (κ1) is 12.8. The largest absolute Gasteiger partial charge is 0.325 e. The third kappa shape index (κ3) is 3.64. The van der Waals surface area contributed by atoms with Crippen LogP contribution in [0.25, 0.3) is 0 Å². The van der Waals surface area contributed by atoms with Crippen LogP contribution in [-0.4, -0.2) is 18.5 Å². The molecule has 92 valence electrons. The van der Waals surface area contributed by atoms with Gasteiger partial charge in [0.1, 0.15) is 5.82 Å². The summed E-state index contributed by atoms with van der Waals surface area (Å²) in [7, 11) is 0. The fourth-order valence-corrected chi connectivity index (χ4v) is 2.56. The smallest absolute Gasteiger partial charge is 0.225 e. The first-order valence-corrected chi connectivity index (χ1v) is 6.71. The molecule has 1 aliphatic rings. The van der Waals surface area contributed by atoms with Gasteiger partial charge in [-0.3, -0.25) is 4.79 Å². The van der Waals surface area contributed by atoms with E-state index in [9.17, 15) is 9.18 Å². The van der Waals surface area contributed by atoms with Crippen LogP contribution in [-0.2, 0) is 4.79 Å². The van der Waals surface area contributed by atoms with E-state index in [0.717, 1.165) is 23.0 Å². The zero-order valence-corrected chi connectivity index (χ0v) is 11.5. The van der Waals surface area contributed by atoms with Crippen molar-refractivity contribution in [3.8, 4) is 0 Å². The molecule has 1 unspecified atom stereocenters. The van der Waals surface area contributed by atoms with Crippen molar-refractivity contribution in [2.75, 3.05) is 11.9 Å². The Kier molecular flexibility index (Phi) is 4.33. The summed E-state index contributed by atoms with van der Waals surface area (Å²) in [5.74, 6) is -0.307. The molecule has 0 bridgehead atoms. The standard InChI is InChI=1S/C12H14FIN2O/c13-8-3-4-11(10(14)6-8)16-12(17)7-9-2-1-5-15-9/h3-4,6,9,15H,1-2,5,7H2,(H,16,17). The van der Waals surface area contributed by atoms with Crippen molar-refractivity contribution < 1.29 is 9.18 Å². The molecule has 0 aliphatic carbocycles. The van der Waals surface area contributed by atoms with Crippen LogP contribution >= 0.6 is 22.6 Å². The molecule has 1 aromatic carbocycles. The average molecular weight is 348 g/mol. The molecular weight excluding hydrogens is 334 g/mol. The minimum atomic E-state index is -0.287. The highest BCUT2D eigenvalue weighted by Gasteiger charge is 2.18. The zero-order chi connectivity index (χ0) is 12.3. The maximum absolute atomic E-state index is 12.9. The monoisotopic (exact) mass is 348 g/mol. The van der Waals surface area contributed by atoms with Crippen molar-refractivity contribution in [2.24, 2.45) is 0 Å². The third-order valence-electron chi connectivity index (χ3n) is 2.80. The molecule has 1 atom stereocenters. The van der Waals surface area contributed by atoms with Crippen LogP contribution in [0.3, 0.4) is 0 Å². The second-order valence-electron chi connectivity index (χ2n) is 4.17. The number of benzene rings is 1. The molecule has 1 fully saturated rings. The summed E-state index contributed by atoms with van der Waals surface area (Å²) >= 11 is 2.01. The van der Waals surface area contributed by atoms with Crippen LogP contribution in [0, 0.1) is 9.39 Å². The quantitative estimate of drug-likeness (QED) is 0.825. The van der Waals surface area contributed by atoms with Gasteiger partial charge in [0.25, 0.3) is 0 Å². The Labute approximate surface area is 113 Å². The number of anilines is 1. The summed E-state index contributed by atoms with van der Waals surface area (Å²) < 4.78 is 13.6. The number of nitrogens with one attached hydrogen (secondary N) is 2. The van der Waals surface area contributed by atoms with Gasteiger partial charge in [-0.25, -0.2) is 4.39 Å². The predicted molar refractivity (Wildman–Crippen MR) is 73.4 cm³/mol. The van der Waals surface area contributed by atoms with Crippen LogP contribution < -0.4 is 10.6 Å². The first-order chi connectivity index (χ1) is 8.15. The molecule has 2 N–H and O–H groups in total. The number of halogens is 2. The Hall–Kier alpha value is -0.690. The van der Waals surface area contributed by atoms with E-state index in [1.807, 2.05) is 22.6 Å². The van der Waals surface area contributed by atoms with Crippen molar-refractivity contribution >= 4 is 34.2 Å². The molecule has 0 aromatic heterocycles. The molecule has 1 saturated heterocycles. The average Bonchev–Trinajstić information content (AvgIpc) is 2.75. The lowest BCUT2D eigenvalue weighted by atomic mass is 10.1. The van der Waals surface area contributed by atoms with E-state index in [4.69, 9.17) is 0 Å². The van der Waals surface area contributed by atoms with Gasteiger partial charge in [-0.1, -0.05) is 0 Å². The van der Waals surface area contributed by atoms with Gasteiger partial charge >= 0.3 is 0 Å². The first-order valence-electron chi connectivity index (χ1n) is 5.63. The van der Waals surface area contributed by atoms with E-state index in [-0.39, 0.29) is 17.8 Å². The Morgan fingerprint density at radius 2 is 2.41 bits per heavy atom. The maximum atomic E-state index is 12.9. The number of carbonyl (C=O) groups excluding carboxylic acids is 1. The van der Waals surface area contributed by atoms with Crippen LogP contribution in [0.4, 0.5) is 10.1 Å². The third-order valence-corrected chi connectivity index (χ3v) is 3.69. The number of rotatable bonds is 3. The summed E-state index contributed by atoms with van der Waals surface area (Å²) in [6.07, 6.45) is 2.66. The summed E-state index contributed by atoms with van der Waals surface area (Å²) in [6, 6.07) is 4.64. The number of carbonyl (C=O) groups is 1. The normalized spacial score (nSPS) is 19.3. The summed E-state index contributed by atoms with van der Waals surface area (Å²) in [5.41, 5.74) is 0.676. The second kappa shape index (κ2) is 5.77. The molecule has 0 radical (unpaired) electrons. The van der Waals surface area contributed by atoms with Crippen molar-refractivity contribution in [1.29, 1.82) is 0 Å². The fourth-order valence-electron chi connectivity index (χ4n) is 1.95. The van der Waals surface area contributed by atoms with Crippen molar-refractivity contribution in [3.05, 3.63) is 27.6 Å². The zero-order valence-electron chi connectivity index (χ0n) is 9.30.